The third kappa shape index (κ3) is 29.0. The molecular formula is C30H65NO6P+. The van der Waals surface area contributed by atoms with Crippen molar-refractivity contribution in [3.05, 3.63) is 0 Å². The predicted molar refractivity (Wildman–Crippen MR) is 160 cm³/mol. The highest BCUT2D eigenvalue weighted by Gasteiger charge is 2.25. The molecule has 230 valence electrons. The van der Waals surface area contributed by atoms with Gasteiger partial charge in [0, 0.05) is 13.2 Å². The number of phosphoric ester groups is 1. The molecule has 0 fully saturated rings. The van der Waals surface area contributed by atoms with E-state index < -0.39 is 7.82 Å². The van der Waals surface area contributed by atoms with E-state index in [-0.39, 0.29) is 19.3 Å². The van der Waals surface area contributed by atoms with Gasteiger partial charge >= 0.3 is 7.82 Å². The van der Waals surface area contributed by atoms with Gasteiger partial charge in [0.25, 0.3) is 0 Å². The number of likely N-dealkylation sites (N-methyl/N-ethyl adjacent to an activating group) is 1. The number of ether oxygens (including phenoxy) is 2. The van der Waals surface area contributed by atoms with Gasteiger partial charge in [0.05, 0.1) is 34.4 Å². The van der Waals surface area contributed by atoms with Gasteiger partial charge in [-0.1, -0.05) is 117 Å². The molecule has 0 heterocycles. The van der Waals surface area contributed by atoms with Gasteiger partial charge < -0.3 is 18.9 Å². The van der Waals surface area contributed by atoms with Crippen LogP contribution in [0.2, 0.25) is 0 Å². The van der Waals surface area contributed by atoms with Crippen molar-refractivity contribution in [3.63, 3.8) is 0 Å². The van der Waals surface area contributed by atoms with Crippen molar-refractivity contribution in [3.8, 4) is 0 Å². The topological polar surface area (TPSA) is 74.2 Å². The van der Waals surface area contributed by atoms with E-state index in [4.69, 9.17) is 18.5 Å². The fraction of sp³-hybridized carbons (Fsp3) is 1.00. The van der Waals surface area contributed by atoms with Crippen LogP contribution in [0.4, 0.5) is 0 Å². The molecule has 0 rings (SSSR count). The first-order valence-electron chi connectivity index (χ1n) is 15.8. The summed E-state index contributed by atoms with van der Waals surface area (Å²) in [4.78, 5) is 10.1. The summed E-state index contributed by atoms with van der Waals surface area (Å²) in [6, 6.07) is 0. The zero-order valence-electron chi connectivity index (χ0n) is 25.9. The average Bonchev–Trinajstić information content (AvgIpc) is 2.85. The summed E-state index contributed by atoms with van der Waals surface area (Å²) in [6.45, 7) is 6.94. The summed E-state index contributed by atoms with van der Waals surface area (Å²) in [6.07, 6.45) is 22.4. The van der Waals surface area contributed by atoms with E-state index in [0.29, 0.717) is 30.8 Å². The van der Waals surface area contributed by atoms with Crippen LogP contribution in [-0.2, 0) is 23.1 Å². The molecule has 8 heteroatoms. The lowest BCUT2D eigenvalue weighted by atomic mass is 10.1. The molecule has 0 aromatic carbocycles. The van der Waals surface area contributed by atoms with E-state index in [9.17, 15) is 9.46 Å². The molecule has 0 aliphatic heterocycles. The molecule has 0 aliphatic carbocycles. The van der Waals surface area contributed by atoms with E-state index in [1.54, 1.807) is 0 Å². The lowest BCUT2D eigenvalue weighted by Crippen LogP contribution is -2.37. The number of phosphoric acid groups is 1. The molecule has 0 saturated heterocycles. The maximum Gasteiger partial charge on any atom is 0.472 e. The molecule has 38 heavy (non-hydrogen) atoms. The van der Waals surface area contributed by atoms with Crippen LogP contribution in [0.5, 0.6) is 0 Å². The Morgan fingerprint density at radius 3 is 1.53 bits per heavy atom. The maximum atomic E-state index is 12.3. The first kappa shape index (κ1) is 38.0. The Bertz CT molecular complexity index is 543. The molecule has 0 radical (unpaired) electrons. The van der Waals surface area contributed by atoms with Crippen LogP contribution in [0.15, 0.2) is 0 Å². The van der Waals surface area contributed by atoms with Crippen LogP contribution in [0, 0.1) is 0 Å². The van der Waals surface area contributed by atoms with E-state index in [2.05, 4.69) is 13.8 Å². The second-order valence-electron chi connectivity index (χ2n) is 11.8. The lowest BCUT2D eigenvalue weighted by molar-refractivity contribution is -0.870. The third-order valence-electron chi connectivity index (χ3n) is 6.74. The Morgan fingerprint density at radius 1 is 0.605 bits per heavy atom. The SMILES string of the molecule is CCCCCCCCCCCCO[C@H](COCCCCCCCCCC)COP(=O)(O)OCC[N+](C)(C)C. The van der Waals surface area contributed by atoms with E-state index in [1.807, 2.05) is 21.1 Å². The van der Waals surface area contributed by atoms with Crippen molar-refractivity contribution in [2.45, 2.75) is 136 Å². The molecule has 0 saturated carbocycles. The van der Waals surface area contributed by atoms with Crippen molar-refractivity contribution in [2.24, 2.45) is 0 Å². The van der Waals surface area contributed by atoms with Crippen LogP contribution < -0.4 is 0 Å². The van der Waals surface area contributed by atoms with E-state index in [0.717, 1.165) is 19.3 Å². The lowest BCUT2D eigenvalue weighted by Gasteiger charge is -2.24. The molecule has 0 aromatic rings. The highest BCUT2D eigenvalue weighted by Crippen LogP contribution is 2.43. The van der Waals surface area contributed by atoms with E-state index >= 15 is 0 Å². The first-order chi connectivity index (χ1) is 18.2. The van der Waals surface area contributed by atoms with Gasteiger partial charge in [-0.3, -0.25) is 9.05 Å². The van der Waals surface area contributed by atoms with Crippen molar-refractivity contribution in [1.29, 1.82) is 0 Å². The fourth-order valence-electron chi connectivity index (χ4n) is 4.18. The highest BCUT2D eigenvalue weighted by atomic mass is 31.2. The van der Waals surface area contributed by atoms with Gasteiger partial charge in [-0.05, 0) is 12.8 Å². The highest BCUT2D eigenvalue weighted by molar-refractivity contribution is 7.47. The molecule has 0 bridgehead atoms. The number of hydrogen-bond acceptors (Lipinski definition) is 5. The summed E-state index contributed by atoms with van der Waals surface area (Å²) >= 11 is 0. The normalized spacial score (nSPS) is 14.6. The van der Waals surface area contributed by atoms with Gasteiger partial charge in [-0.15, -0.1) is 0 Å². The quantitative estimate of drug-likeness (QED) is 0.0536. The molecule has 1 unspecified atom stereocenters. The fourth-order valence-corrected chi connectivity index (χ4v) is 4.92. The summed E-state index contributed by atoms with van der Waals surface area (Å²) < 4.78 is 35.3. The Balaban J connectivity index is 4.20. The molecule has 0 aliphatic rings. The van der Waals surface area contributed by atoms with Crippen LogP contribution in [0.25, 0.3) is 0 Å². The summed E-state index contributed by atoms with van der Waals surface area (Å²) in [7, 11) is 1.91. The van der Waals surface area contributed by atoms with Crippen molar-refractivity contribution in [2.75, 3.05) is 60.7 Å². The number of hydrogen-bond donors (Lipinski definition) is 1. The third-order valence-corrected chi connectivity index (χ3v) is 7.72. The second kappa shape index (κ2) is 25.9. The van der Waals surface area contributed by atoms with Crippen LogP contribution >= 0.6 is 7.82 Å². The molecule has 1 N–H and O–H groups in total. The largest absolute Gasteiger partial charge is 0.472 e. The zero-order valence-corrected chi connectivity index (χ0v) is 26.8. The number of quaternary nitrogens is 1. The minimum Gasteiger partial charge on any atom is -0.379 e. The van der Waals surface area contributed by atoms with Gasteiger partial charge in [0.15, 0.2) is 0 Å². The summed E-state index contributed by atoms with van der Waals surface area (Å²) in [5.74, 6) is 0. The Kier molecular flexibility index (Phi) is 25.9. The number of unbranched alkanes of at least 4 members (excludes halogenated alkanes) is 16. The summed E-state index contributed by atoms with van der Waals surface area (Å²) in [5, 5.41) is 0. The standard InChI is InChI=1S/C30H64NO6P/c1-6-8-10-12-14-16-17-19-21-23-26-35-30(28-34-25-22-20-18-15-13-11-9-7-2)29-37-38(32,33)36-27-24-31(3,4)5/h30H,6-29H2,1-5H3/p+1/t30-/m1/s1. The number of nitrogens with zero attached hydrogens (tertiary/aromatic N) is 1. The monoisotopic (exact) mass is 566 g/mol. The van der Waals surface area contributed by atoms with Gasteiger partial charge in [0.2, 0.25) is 0 Å². The number of rotatable bonds is 30. The minimum atomic E-state index is -4.11. The molecule has 0 amide bonds. The minimum absolute atomic E-state index is 0.00661. The second-order valence-corrected chi connectivity index (χ2v) is 13.3. The average molecular weight is 567 g/mol. The molecule has 0 aromatic heterocycles. The summed E-state index contributed by atoms with van der Waals surface area (Å²) in [5.41, 5.74) is 0. The van der Waals surface area contributed by atoms with Crippen molar-refractivity contribution in [1.82, 2.24) is 0 Å². The van der Waals surface area contributed by atoms with Crippen molar-refractivity contribution < 1.29 is 32.5 Å². The van der Waals surface area contributed by atoms with Gasteiger partial charge in [-0.2, -0.15) is 0 Å². The smallest absolute Gasteiger partial charge is 0.379 e. The molecular weight excluding hydrogens is 501 g/mol. The van der Waals surface area contributed by atoms with Crippen molar-refractivity contribution >= 4 is 7.82 Å². The maximum absolute atomic E-state index is 12.3. The molecule has 7 nitrogen and oxygen atoms in total. The first-order valence-corrected chi connectivity index (χ1v) is 17.3. The molecule has 2 atom stereocenters. The van der Waals surface area contributed by atoms with Crippen LogP contribution in [0.1, 0.15) is 129 Å². The van der Waals surface area contributed by atoms with E-state index in [1.165, 1.54) is 96.3 Å². The van der Waals surface area contributed by atoms with Gasteiger partial charge in [-0.25, -0.2) is 4.57 Å². The van der Waals surface area contributed by atoms with Gasteiger partial charge in [0.1, 0.15) is 19.3 Å². The van der Waals surface area contributed by atoms with Crippen LogP contribution in [0.3, 0.4) is 0 Å². The van der Waals surface area contributed by atoms with Crippen LogP contribution in [-0.4, -0.2) is 76.2 Å². The zero-order chi connectivity index (χ0) is 28.4. The molecule has 0 spiro atoms. The Hall–Kier alpha value is -0.0100. The predicted octanol–water partition coefficient (Wildman–Crippen LogP) is 8.29. The Morgan fingerprint density at radius 2 is 1.05 bits per heavy atom. The Labute approximate surface area is 236 Å².